The van der Waals surface area contributed by atoms with E-state index in [1.807, 2.05) is 0 Å². The van der Waals surface area contributed by atoms with Gasteiger partial charge in [0.2, 0.25) is 5.82 Å². The zero-order valence-corrected chi connectivity index (χ0v) is 7.43. The van der Waals surface area contributed by atoms with Crippen molar-refractivity contribution in [2.24, 2.45) is 0 Å². The highest BCUT2D eigenvalue weighted by Gasteiger charge is 2.28. The van der Waals surface area contributed by atoms with E-state index in [-0.39, 0.29) is 5.48 Å². The number of rotatable bonds is 1. The average Bonchev–Trinajstić information content (AvgIpc) is 2.11. The molecule has 1 aromatic rings. The molecule has 0 heterocycles. The Labute approximate surface area is 84.6 Å². The van der Waals surface area contributed by atoms with E-state index in [1.54, 1.807) is 0 Å². The molecule has 0 fully saturated rings. The number of carbonyl (C=O) groups is 1. The van der Waals surface area contributed by atoms with Gasteiger partial charge in [0, 0.05) is 0 Å². The first-order chi connectivity index (χ1) is 6.37. The molecule has 0 atom stereocenters. The van der Waals surface area contributed by atoms with Gasteiger partial charge in [-0.2, -0.15) is 0 Å². The van der Waals surface area contributed by atoms with Crippen LogP contribution in [0.25, 0.3) is 0 Å². The SMILES string of the molecule is O.O=C(Cl)c1c(F)c(F)c(F)c(F)c1F. The summed E-state index contributed by atoms with van der Waals surface area (Å²) in [6.07, 6.45) is 0. The van der Waals surface area contributed by atoms with Crippen LogP contribution >= 0.6 is 11.6 Å². The van der Waals surface area contributed by atoms with Crippen LogP contribution in [0.5, 0.6) is 0 Å². The molecule has 15 heavy (non-hydrogen) atoms. The van der Waals surface area contributed by atoms with Crippen molar-refractivity contribution in [1.82, 2.24) is 0 Å². The fraction of sp³-hybridized carbons (Fsp3) is 0. The molecular formula is C7H2ClF5O2. The molecule has 0 bridgehead atoms. The van der Waals surface area contributed by atoms with Gasteiger partial charge in [0.1, 0.15) is 5.56 Å². The molecule has 8 heteroatoms. The van der Waals surface area contributed by atoms with Gasteiger partial charge in [-0.3, -0.25) is 4.79 Å². The summed E-state index contributed by atoms with van der Waals surface area (Å²) in [5.74, 6) is -11.2. The van der Waals surface area contributed by atoms with E-state index < -0.39 is 39.9 Å². The molecule has 0 aromatic heterocycles. The molecule has 2 N–H and O–H groups in total. The Morgan fingerprint density at radius 1 is 0.800 bits per heavy atom. The second-order valence-electron chi connectivity index (χ2n) is 2.22. The third-order valence-electron chi connectivity index (χ3n) is 1.41. The molecule has 0 spiro atoms. The quantitative estimate of drug-likeness (QED) is 0.324. The van der Waals surface area contributed by atoms with Crippen molar-refractivity contribution in [2.45, 2.75) is 0 Å². The maximum absolute atomic E-state index is 12.6. The minimum Gasteiger partial charge on any atom is -0.412 e. The summed E-state index contributed by atoms with van der Waals surface area (Å²) >= 11 is 4.64. The van der Waals surface area contributed by atoms with Gasteiger partial charge in [-0.25, -0.2) is 22.0 Å². The van der Waals surface area contributed by atoms with Crippen LogP contribution in [0.3, 0.4) is 0 Å². The lowest BCUT2D eigenvalue weighted by atomic mass is 10.2. The van der Waals surface area contributed by atoms with E-state index in [0.29, 0.717) is 0 Å². The van der Waals surface area contributed by atoms with Gasteiger partial charge in [0.05, 0.1) is 0 Å². The van der Waals surface area contributed by atoms with Crippen LogP contribution in [-0.4, -0.2) is 10.7 Å². The normalized spacial score (nSPS) is 9.73. The molecular weight excluding hydrogens is 247 g/mol. The van der Waals surface area contributed by atoms with Gasteiger partial charge < -0.3 is 5.48 Å². The third kappa shape index (κ3) is 2.07. The summed E-state index contributed by atoms with van der Waals surface area (Å²) in [5.41, 5.74) is -1.65. The van der Waals surface area contributed by atoms with Crippen molar-refractivity contribution < 1.29 is 32.2 Å². The highest BCUT2D eigenvalue weighted by molar-refractivity contribution is 6.67. The minimum absolute atomic E-state index is 0. The predicted molar refractivity (Wildman–Crippen MR) is 40.0 cm³/mol. The highest BCUT2D eigenvalue weighted by atomic mass is 35.5. The van der Waals surface area contributed by atoms with Crippen molar-refractivity contribution in [3.05, 3.63) is 34.6 Å². The molecule has 0 amide bonds. The lowest BCUT2D eigenvalue weighted by Crippen LogP contribution is -2.09. The minimum atomic E-state index is -2.33. The predicted octanol–water partition coefficient (Wildman–Crippen LogP) is 1.94. The standard InChI is InChI=1S/C7ClF5O.H2O/c8-7(14)1-2(9)4(11)6(13)5(12)3(1)10;/h;1H2. The van der Waals surface area contributed by atoms with E-state index in [2.05, 4.69) is 11.6 Å². The first-order valence-corrected chi connectivity index (χ1v) is 3.47. The van der Waals surface area contributed by atoms with Gasteiger partial charge in [-0.15, -0.1) is 0 Å². The Balaban J connectivity index is 0.00000196. The Hall–Kier alpha value is -1.21. The van der Waals surface area contributed by atoms with Crippen molar-refractivity contribution in [2.75, 3.05) is 0 Å². The second-order valence-corrected chi connectivity index (χ2v) is 2.56. The van der Waals surface area contributed by atoms with Gasteiger partial charge in [-0.1, -0.05) is 0 Å². The number of carbonyl (C=O) groups excluding carboxylic acids is 1. The molecule has 0 unspecified atom stereocenters. The average molecular weight is 249 g/mol. The lowest BCUT2D eigenvalue weighted by Gasteiger charge is -2.03. The molecule has 0 aliphatic carbocycles. The van der Waals surface area contributed by atoms with Gasteiger partial charge >= 0.3 is 0 Å². The summed E-state index contributed by atoms with van der Waals surface area (Å²) in [5, 5.41) is -1.75. The molecule has 0 saturated heterocycles. The lowest BCUT2D eigenvalue weighted by molar-refractivity contribution is 0.107. The van der Waals surface area contributed by atoms with Crippen molar-refractivity contribution in [3.63, 3.8) is 0 Å². The maximum Gasteiger partial charge on any atom is 0.258 e. The van der Waals surface area contributed by atoms with Crippen LogP contribution in [0.4, 0.5) is 22.0 Å². The van der Waals surface area contributed by atoms with Crippen LogP contribution in [0.2, 0.25) is 0 Å². The van der Waals surface area contributed by atoms with Gasteiger partial charge in [0.15, 0.2) is 23.3 Å². The fourth-order valence-corrected chi connectivity index (χ4v) is 0.943. The third-order valence-corrected chi connectivity index (χ3v) is 1.60. The zero-order valence-electron chi connectivity index (χ0n) is 6.68. The maximum atomic E-state index is 12.6. The van der Waals surface area contributed by atoms with Gasteiger partial charge in [0.25, 0.3) is 5.24 Å². The van der Waals surface area contributed by atoms with Crippen molar-refractivity contribution >= 4 is 16.8 Å². The van der Waals surface area contributed by atoms with Crippen LogP contribution in [0.1, 0.15) is 10.4 Å². The van der Waals surface area contributed by atoms with E-state index >= 15 is 0 Å². The Kier molecular flexibility index (Phi) is 4.17. The van der Waals surface area contributed by atoms with Crippen LogP contribution < -0.4 is 0 Å². The summed E-state index contributed by atoms with van der Waals surface area (Å²) in [6, 6.07) is 0. The monoisotopic (exact) mass is 248 g/mol. The largest absolute Gasteiger partial charge is 0.412 e. The Morgan fingerprint density at radius 3 is 1.33 bits per heavy atom. The summed E-state index contributed by atoms with van der Waals surface area (Å²) < 4.78 is 62.4. The summed E-state index contributed by atoms with van der Waals surface area (Å²) in [4.78, 5) is 10.3. The molecule has 1 rings (SSSR count). The first kappa shape index (κ1) is 13.8. The highest BCUT2D eigenvalue weighted by Crippen LogP contribution is 2.23. The number of hydrogen-bond donors (Lipinski definition) is 0. The van der Waals surface area contributed by atoms with Crippen LogP contribution in [0.15, 0.2) is 0 Å². The number of hydrogen-bond acceptors (Lipinski definition) is 1. The molecule has 0 aliphatic heterocycles. The van der Waals surface area contributed by atoms with Crippen LogP contribution in [0, 0.1) is 29.1 Å². The number of benzene rings is 1. The molecule has 1 aromatic carbocycles. The molecule has 0 aliphatic rings. The number of halogens is 6. The second kappa shape index (κ2) is 4.54. The molecule has 2 nitrogen and oxygen atoms in total. The van der Waals surface area contributed by atoms with E-state index in [1.165, 1.54) is 0 Å². The van der Waals surface area contributed by atoms with E-state index in [0.717, 1.165) is 0 Å². The van der Waals surface area contributed by atoms with Crippen molar-refractivity contribution in [1.29, 1.82) is 0 Å². The first-order valence-electron chi connectivity index (χ1n) is 3.09. The Bertz CT molecular complexity index is 391. The van der Waals surface area contributed by atoms with Crippen LogP contribution in [-0.2, 0) is 0 Å². The smallest absolute Gasteiger partial charge is 0.258 e. The van der Waals surface area contributed by atoms with Gasteiger partial charge in [-0.05, 0) is 11.6 Å². The zero-order chi connectivity index (χ0) is 11.0. The Morgan fingerprint density at radius 2 is 1.07 bits per heavy atom. The molecule has 0 saturated carbocycles. The van der Waals surface area contributed by atoms with Crippen molar-refractivity contribution in [3.8, 4) is 0 Å². The summed E-state index contributed by atoms with van der Waals surface area (Å²) in [7, 11) is 0. The van der Waals surface area contributed by atoms with E-state index in [9.17, 15) is 26.7 Å². The fourth-order valence-electron chi connectivity index (χ4n) is 0.777. The van der Waals surface area contributed by atoms with E-state index in [4.69, 9.17) is 0 Å². The summed E-state index contributed by atoms with van der Waals surface area (Å²) in [6.45, 7) is 0. The molecule has 0 radical (unpaired) electrons. The topological polar surface area (TPSA) is 48.6 Å². The molecule has 84 valence electrons.